The van der Waals surface area contributed by atoms with Gasteiger partial charge in [-0.1, -0.05) is 0 Å². The Balaban J connectivity index is 1.52. The van der Waals surface area contributed by atoms with Gasteiger partial charge in [0.15, 0.2) is 5.76 Å². The van der Waals surface area contributed by atoms with E-state index in [0.717, 1.165) is 30.3 Å². The summed E-state index contributed by atoms with van der Waals surface area (Å²) in [7, 11) is 0. The zero-order valence-corrected chi connectivity index (χ0v) is 14.3. The van der Waals surface area contributed by atoms with Gasteiger partial charge in [0.25, 0.3) is 11.9 Å². The van der Waals surface area contributed by atoms with Gasteiger partial charge in [-0.15, -0.1) is 11.3 Å². The molecule has 6 nitrogen and oxygen atoms in total. The Morgan fingerprint density at radius 1 is 1.35 bits per heavy atom. The molecule has 3 heterocycles. The molecule has 1 saturated heterocycles. The van der Waals surface area contributed by atoms with E-state index in [-0.39, 0.29) is 5.91 Å². The van der Waals surface area contributed by atoms with Gasteiger partial charge in [-0.2, -0.15) is 0 Å². The topological polar surface area (TPSA) is 58.8 Å². The number of carbonyl (C=O) groups excluding carboxylic acids is 1. The number of ether oxygens (including phenoxy) is 1. The fourth-order valence-corrected chi connectivity index (χ4v) is 3.23. The number of hydrogen-bond donors (Lipinski definition) is 0. The Morgan fingerprint density at radius 2 is 2.13 bits per heavy atom. The Morgan fingerprint density at radius 3 is 2.78 bits per heavy atom. The van der Waals surface area contributed by atoms with Crippen LogP contribution in [0.25, 0.3) is 0 Å². The molecule has 0 unspecified atom stereocenters. The molecule has 0 aliphatic carbocycles. The first-order chi connectivity index (χ1) is 11.2. The summed E-state index contributed by atoms with van der Waals surface area (Å²) in [6.07, 6.45) is 0. The number of thiazole rings is 1. The lowest BCUT2D eigenvalue weighted by atomic mass is 10.2. The molecule has 2 aromatic rings. The average Bonchev–Trinajstić information content (AvgIpc) is 3.17. The molecule has 7 heteroatoms. The van der Waals surface area contributed by atoms with Gasteiger partial charge in [0, 0.05) is 44.2 Å². The van der Waals surface area contributed by atoms with Crippen molar-refractivity contribution < 1.29 is 13.9 Å². The quantitative estimate of drug-likeness (QED) is 0.840. The maximum atomic E-state index is 12.4. The summed E-state index contributed by atoms with van der Waals surface area (Å²) in [5, 5.41) is 3.20. The molecule has 0 spiro atoms. The van der Waals surface area contributed by atoms with E-state index >= 15 is 0 Å². The van der Waals surface area contributed by atoms with Gasteiger partial charge in [-0.05, 0) is 19.9 Å². The second kappa shape index (κ2) is 7.14. The summed E-state index contributed by atoms with van der Waals surface area (Å²) in [5.74, 6) is 0.672. The maximum Gasteiger partial charge on any atom is 0.289 e. The van der Waals surface area contributed by atoms with E-state index in [9.17, 15) is 4.79 Å². The van der Waals surface area contributed by atoms with Gasteiger partial charge >= 0.3 is 0 Å². The van der Waals surface area contributed by atoms with Crippen LogP contribution in [-0.2, 0) is 6.54 Å². The second-order valence-electron chi connectivity index (χ2n) is 5.48. The van der Waals surface area contributed by atoms with Crippen LogP contribution in [-0.4, -0.2) is 53.5 Å². The number of amides is 1. The third-order valence-corrected chi connectivity index (χ3v) is 4.61. The molecule has 0 aromatic carbocycles. The number of carbonyl (C=O) groups is 1. The van der Waals surface area contributed by atoms with Gasteiger partial charge in [0.2, 0.25) is 0 Å². The van der Waals surface area contributed by atoms with E-state index in [4.69, 9.17) is 9.15 Å². The minimum Gasteiger partial charge on any atom is -0.465 e. The Kier molecular flexibility index (Phi) is 4.97. The molecule has 0 radical (unpaired) electrons. The van der Waals surface area contributed by atoms with Crippen LogP contribution in [0.3, 0.4) is 0 Å². The van der Waals surface area contributed by atoms with Crippen molar-refractivity contribution >= 4 is 17.2 Å². The highest BCUT2D eigenvalue weighted by Crippen LogP contribution is 2.19. The van der Waals surface area contributed by atoms with Crippen LogP contribution in [0.2, 0.25) is 0 Å². The van der Waals surface area contributed by atoms with E-state index < -0.39 is 0 Å². The molecular weight excluding hydrogens is 314 g/mol. The molecular formula is C16H21N3O3S. The van der Waals surface area contributed by atoms with Crippen molar-refractivity contribution in [2.75, 3.05) is 32.8 Å². The Labute approximate surface area is 139 Å². The van der Waals surface area contributed by atoms with Crippen molar-refractivity contribution in [3.05, 3.63) is 34.0 Å². The largest absolute Gasteiger partial charge is 0.465 e. The van der Waals surface area contributed by atoms with Crippen LogP contribution < -0.4 is 4.74 Å². The standard InChI is InChI=1S/C16H21N3O3S/c1-3-21-15-5-4-14(22-15)16(20)19-8-6-18(7-9-19)10-13-11-23-12(2)17-13/h4-5,11H,3,6-10H2,1-2H3. The molecule has 0 bridgehead atoms. The van der Waals surface area contributed by atoms with Crippen LogP contribution in [0.15, 0.2) is 21.9 Å². The molecule has 1 amide bonds. The lowest BCUT2D eigenvalue weighted by molar-refractivity contribution is 0.0589. The molecule has 124 valence electrons. The molecule has 1 fully saturated rings. The Bertz CT molecular complexity index is 659. The molecule has 2 aromatic heterocycles. The number of hydrogen-bond acceptors (Lipinski definition) is 6. The lowest BCUT2D eigenvalue weighted by Gasteiger charge is -2.33. The second-order valence-corrected chi connectivity index (χ2v) is 6.54. The third kappa shape index (κ3) is 3.92. The van der Waals surface area contributed by atoms with Crippen LogP contribution in [0.1, 0.15) is 28.2 Å². The van der Waals surface area contributed by atoms with Crippen molar-refractivity contribution in [1.82, 2.24) is 14.8 Å². The van der Waals surface area contributed by atoms with Crippen molar-refractivity contribution in [1.29, 1.82) is 0 Å². The van der Waals surface area contributed by atoms with E-state index in [1.54, 1.807) is 23.5 Å². The zero-order chi connectivity index (χ0) is 16.2. The zero-order valence-electron chi connectivity index (χ0n) is 13.4. The van der Waals surface area contributed by atoms with E-state index in [2.05, 4.69) is 15.3 Å². The van der Waals surface area contributed by atoms with Crippen molar-refractivity contribution in [2.24, 2.45) is 0 Å². The summed E-state index contributed by atoms with van der Waals surface area (Å²) in [6, 6.07) is 3.37. The van der Waals surface area contributed by atoms with Crippen LogP contribution in [0.4, 0.5) is 0 Å². The van der Waals surface area contributed by atoms with Gasteiger partial charge in [-0.3, -0.25) is 9.69 Å². The summed E-state index contributed by atoms with van der Waals surface area (Å²) >= 11 is 1.68. The number of nitrogens with zero attached hydrogens (tertiary/aromatic N) is 3. The van der Waals surface area contributed by atoms with Gasteiger partial charge < -0.3 is 14.1 Å². The average molecular weight is 335 g/mol. The Hall–Kier alpha value is -1.86. The van der Waals surface area contributed by atoms with E-state index in [1.807, 2.05) is 18.7 Å². The summed E-state index contributed by atoms with van der Waals surface area (Å²) in [5.41, 5.74) is 1.11. The molecule has 0 saturated carbocycles. The number of piperazine rings is 1. The first-order valence-electron chi connectivity index (χ1n) is 7.81. The van der Waals surface area contributed by atoms with Gasteiger partial charge in [-0.25, -0.2) is 4.98 Å². The molecule has 3 rings (SSSR count). The van der Waals surface area contributed by atoms with Crippen LogP contribution in [0.5, 0.6) is 5.95 Å². The SMILES string of the molecule is CCOc1ccc(C(=O)N2CCN(Cc3csc(C)n3)CC2)o1. The predicted octanol–water partition coefficient (Wildman–Crippen LogP) is 2.40. The van der Waals surface area contributed by atoms with Gasteiger partial charge in [0.1, 0.15) is 0 Å². The highest BCUT2D eigenvalue weighted by Gasteiger charge is 2.24. The van der Waals surface area contributed by atoms with Crippen molar-refractivity contribution in [2.45, 2.75) is 20.4 Å². The first kappa shape index (κ1) is 16.0. The first-order valence-corrected chi connectivity index (χ1v) is 8.69. The third-order valence-electron chi connectivity index (χ3n) is 3.79. The lowest BCUT2D eigenvalue weighted by Crippen LogP contribution is -2.48. The maximum absolute atomic E-state index is 12.4. The molecule has 0 N–H and O–H groups in total. The minimum absolute atomic E-state index is 0.0693. The van der Waals surface area contributed by atoms with E-state index in [1.165, 1.54) is 0 Å². The summed E-state index contributed by atoms with van der Waals surface area (Å²) in [6.45, 7) is 8.37. The minimum atomic E-state index is -0.0693. The molecule has 23 heavy (non-hydrogen) atoms. The molecule has 0 atom stereocenters. The molecule has 1 aliphatic rings. The fraction of sp³-hybridized carbons (Fsp3) is 0.500. The smallest absolute Gasteiger partial charge is 0.289 e. The van der Waals surface area contributed by atoms with Crippen molar-refractivity contribution in [3.63, 3.8) is 0 Å². The highest BCUT2D eigenvalue weighted by molar-refractivity contribution is 7.09. The molecule has 1 aliphatic heterocycles. The predicted molar refractivity (Wildman–Crippen MR) is 87.9 cm³/mol. The van der Waals surface area contributed by atoms with Gasteiger partial charge in [0.05, 0.1) is 17.3 Å². The normalized spacial score (nSPS) is 15.8. The summed E-state index contributed by atoms with van der Waals surface area (Å²) < 4.78 is 10.7. The fourth-order valence-electron chi connectivity index (χ4n) is 2.63. The highest BCUT2D eigenvalue weighted by atomic mass is 32.1. The van der Waals surface area contributed by atoms with Crippen LogP contribution >= 0.6 is 11.3 Å². The summed E-state index contributed by atoms with van der Waals surface area (Å²) in [4.78, 5) is 21.1. The number of rotatable bonds is 5. The van der Waals surface area contributed by atoms with E-state index in [0.29, 0.717) is 31.4 Å². The van der Waals surface area contributed by atoms with Crippen molar-refractivity contribution in [3.8, 4) is 5.95 Å². The number of aromatic nitrogens is 1. The number of furan rings is 1. The van der Waals surface area contributed by atoms with Crippen LogP contribution in [0, 0.1) is 6.92 Å². The monoisotopic (exact) mass is 335 g/mol. The number of aryl methyl sites for hydroxylation is 1.